The lowest BCUT2D eigenvalue weighted by atomic mass is 10.2. The van der Waals surface area contributed by atoms with E-state index in [1.165, 1.54) is 16.1 Å². The fourth-order valence-corrected chi connectivity index (χ4v) is 2.32. The molecular weight excluding hydrogens is 284 g/mol. The van der Waals surface area contributed by atoms with Crippen LogP contribution < -0.4 is 5.73 Å². The summed E-state index contributed by atoms with van der Waals surface area (Å²) in [6.45, 7) is 5.05. The minimum Gasteiger partial charge on any atom is -0.396 e. The van der Waals surface area contributed by atoms with Crippen molar-refractivity contribution in [1.82, 2.24) is 29.6 Å². The third-order valence-electron chi connectivity index (χ3n) is 3.23. The van der Waals surface area contributed by atoms with Crippen LogP contribution in [-0.2, 0) is 0 Å². The van der Waals surface area contributed by atoms with Crippen molar-refractivity contribution in [3.63, 3.8) is 0 Å². The van der Waals surface area contributed by atoms with E-state index in [1.807, 2.05) is 26.0 Å². The molecule has 2 N–H and O–H groups in total. The molecule has 0 aliphatic carbocycles. The largest absolute Gasteiger partial charge is 0.396 e. The molecule has 3 rings (SSSR count). The number of aromatic nitrogens is 6. The number of aryl methyl sites for hydroxylation is 2. The number of rotatable bonds is 2. The van der Waals surface area contributed by atoms with Crippen LogP contribution in [0, 0.1) is 25.2 Å². The van der Waals surface area contributed by atoms with Gasteiger partial charge >= 0.3 is 0 Å². The minimum absolute atomic E-state index is 0.0577. The predicted molar refractivity (Wildman–Crippen MR) is 76.5 cm³/mol. The molecule has 110 valence electrons. The summed E-state index contributed by atoms with van der Waals surface area (Å²) in [5.41, 5.74) is 7.89. The fourth-order valence-electron chi connectivity index (χ4n) is 2.32. The van der Waals surface area contributed by atoms with Gasteiger partial charge in [0, 0.05) is 12.6 Å². The van der Waals surface area contributed by atoms with Gasteiger partial charge < -0.3 is 5.73 Å². The molecule has 0 unspecified atom stereocenters. The number of nitrogen functional groups attached to an aromatic ring is 1. The van der Waals surface area contributed by atoms with E-state index < -0.39 is 0 Å². The van der Waals surface area contributed by atoms with Crippen molar-refractivity contribution in [2.24, 2.45) is 0 Å². The number of nitrogens with two attached hydrogens (primary N) is 1. The van der Waals surface area contributed by atoms with Crippen molar-refractivity contribution in [2.75, 3.05) is 5.73 Å². The van der Waals surface area contributed by atoms with Crippen LogP contribution in [0.4, 0.5) is 5.69 Å². The molecule has 0 amide bonds. The summed E-state index contributed by atoms with van der Waals surface area (Å²) in [6, 6.07) is 3.79. The number of nitriles is 1. The van der Waals surface area contributed by atoms with Gasteiger partial charge in [0.1, 0.15) is 17.3 Å². The van der Waals surface area contributed by atoms with Crippen LogP contribution in [0.3, 0.4) is 0 Å². The van der Waals surface area contributed by atoms with Crippen molar-refractivity contribution < 1.29 is 4.79 Å². The summed E-state index contributed by atoms with van der Waals surface area (Å²) < 4.78 is 2.75. The van der Waals surface area contributed by atoms with Crippen LogP contribution in [0.2, 0.25) is 0 Å². The van der Waals surface area contributed by atoms with Gasteiger partial charge in [-0.25, -0.2) is 9.20 Å². The Labute approximate surface area is 125 Å². The molecule has 3 aromatic heterocycles. The van der Waals surface area contributed by atoms with Gasteiger partial charge in [0.05, 0.1) is 11.4 Å². The first-order valence-corrected chi connectivity index (χ1v) is 6.43. The Kier molecular flexibility index (Phi) is 2.88. The van der Waals surface area contributed by atoms with Gasteiger partial charge in [0.2, 0.25) is 0 Å². The first-order valence-electron chi connectivity index (χ1n) is 6.43. The summed E-state index contributed by atoms with van der Waals surface area (Å²) in [4.78, 5) is 11.8. The fraction of sp³-hybridized carbons (Fsp3) is 0.231. The normalized spacial score (nSPS) is 10.8. The highest BCUT2D eigenvalue weighted by molar-refractivity contribution is 6.01. The Bertz CT molecular complexity index is 959. The maximum absolute atomic E-state index is 11.8. The van der Waals surface area contributed by atoms with E-state index in [4.69, 9.17) is 5.73 Å². The zero-order valence-electron chi connectivity index (χ0n) is 12.2. The molecule has 0 saturated heterocycles. The number of ketones is 1. The molecule has 0 atom stereocenters. The second-order valence-electron chi connectivity index (χ2n) is 4.88. The summed E-state index contributed by atoms with van der Waals surface area (Å²) in [5, 5.41) is 25.7. The molecule has 0 spiro atoms. The van der Waals surface area contributed by atoms with Crippen molar-refractivity contribution in [3.05, 3.63) is 28.7 Å². The van der Waals surface area contributed by atoms with Crippen molar-refractivity contribution in [2.45, 2.75) is 20.8 Å². The second-order valence-corrected chi connectivity index (χ2v) is 4.88. The van der Waals surface area contributed by atoms with Crippen molar-refractivity contribution >= 4 is 17.1 Å². The van der Waals surface area contributed by atoms with E-state index >= 15 is 0 Å². The summed E-state index contributed by atoms with van der Waals surface area (Å²) >= 11 is 0. The topological polar surface area (TPSA) is 128 Å². The standard InChI is InChI=1S/C13H12N8O/c1-6-4-7(2)20(18-6)13-17-16-12-9(5-14)10(15)11(8(3)22)21(12)19-13/h4H,15H2,1-3H3. The van der Waals surface area contributed by atoms with Gasteiger partial charge in [-0.15, -0.1) is 15.3 Å². The van der Waals surface area contributed by atoms with E-state index in [0.29, 0.717) is 0 Å². The Balaban J connectivity index is 2.35. The molecule has 0 saturated carbocycles. The van der Waals surface area contributed by atoms with E-state index in [1.54, 1.807) is 0 Å². The quantitative estimate of drug-likeness (QED) is 0.685. The van der Waals surface area contributed by atoms with Crippen LogP contribution in [0.15, 0.2) is 6.07 Å². The molecule has 22 heavy (non-hydrogen) atoms. The SMILES string of the molecule is CC(=O)c1c(N)c(C#N)c2nnc(-n3nc(C)cc3C)nn12. The zero-order valence-corrected chi connectivity index (χ0v) is 12.2. The average molecular weight is 296 g/mol. The minimum atomic E-state index is -0.311. The van der Waals surface area contributed by atoms with Crippen LogP contribution in [0.25, 0.3) is 11.6 Å². The smallest absolute Gasteiger partial charge is 0.287 e. The molecule has 0 aliphatic heterocycles. The van der Waals surface area contributed by atoms with E-state index in [-0.39, 0.29) is 34.3 Å². The third-order valence-corrected chi connectivity index (χ3v) is 3.23. The molecule has 3 heterocycles. The van der Waals surface area contributed by atoms with E-state index in [0.717, 1.165) is 11.4 Å². The monoisotopic (exact) mass is 296 g/mol. The molecule has 9 nitrogen and oxygen atoms in total. The van der Waals surface area contributed by atoms with E-state index in [9.17, 15) is 10.1 Å². The lowest BCUT2D eigenvalue weighted by molar-refractivity contribution is 0.101. The summed E-state index contributed by atoms with van der Waals surface area (Å²) in [5.74, 6) is -0.117. The average Bonchev–Trinajstić information content (AvgIpc) is 2.93. The number of anilines is 1. The number of Topliss-reactive ketones (excluding diaryl/α,β-unsaturated/α-hetero) is 1. The van der Waals surface area contributed by atoms with Gasteiger partial charge in [0.15, 0.2) is 11.4 Å². The Morgan fingerprint density at radius 2 is 2.05 bits per heavy atom. The predicted octanol–water partition coefficient (Wildman–Crippen LogP) is 0.583. The van der Waals surface area contributed by atoms with E-state index in [2.05, 4.69) is 20.4 Å². The van der Waals surface area contributed by atoms with Crippen LogP contribution in [0.5, 0.6) is 0 Å². The van der Waals surface area contributed by atoms with Gasteiger partial charge in [-0.05, 0) is 19.9 Å². The highest BCUT2D eigenvalue weighted by Crippen LogP contribution is 2.23. The van der Waals surface area contributed by atoms with Crippen LogP contribution >= 0.6 is 0 Å². The van der Waals surface area contributed by atoms with Gasteiger partial charge in [0.25, 0.3) is 5.95 Å². The van der Waals surface area contributed by atoms with Crippen LogP contribution in [0.1, 0.15) is 34.4 Å². The molecule has 9 heteroatoms. The lowest BCUT2D eigenvalue weighted by Crippen LogP contribution is -2.13. The Morgan fingerprint density at radius 1 is 1.32 bits per heavy atom. The maximum Gasteiger partial charge on any atom is 0.287 e. The first kappa shape index (κ1) is 13.7. The first-order chi connectivity index (χ1) is 10.4. The Morgan fingerprint density at radius 3 is 2.59 bits per heavy atom. The van der Waals surface area contributed by atoms with Gasteiger partial charge in [-0.3, -0.25) is 4.79 Å². The summed E-state index contributed by atoms with van der Waals surface area (Å²) in [7, 11) is 0. The molecule has 3 aromatic rings. The van der Waals surface area contributed by atoms with Gasteiger partial charge in [-0.2, -0.15) is 10.4 Å². The summed E-state index contributed by atoms with van der Waals surface area (Å²) in [6.07, 6.45) is 0. The molecule has 0 aromatic carbocycles. The van der Waals surface area contributed by atoms with Gasteiger partial charge in [-0.1, -0.05) is 0 Å². The molecular formula is C13H12N8O. The number of carbonyl (C=O) groups excluding carboxylic acids is 1. The molecule has 0 radical (unpaired) electrons. The number of nitrogens with zero attached hydrogens (tertiary/aromatic N) is 7. The molecule has 0 fully saturated rings. The third kappa shape index (κ3) is 1.81. The number of hydrogen-bond donors (Lipinski definition) is 1. The lowest BCUT2D eigenvalue weighted by Gasteiger charge is -2.03. The number of hydrogen-bond acceptors (Lipinski definition) is 7. The van der Waals surface area contributed by atoms with Crippen LogP contribution in [-0.4, -0.2) is 35.4 Å². The second kappa shape index (κ2) is 4.63. The Hall–Kier alpha value is -3.28. The highest BCUT2D eigenvalue weighted by atomic mass is 16.1. The number of fused-ring (bicyclic) bond motifs is 1. The zero-order chi connectivity index (χ0) is 16.0. The maximum atomic E-state index is 11.8. The molecule has 0 aliphatic rings. The molecule has 0 bridgehead atoms. The van der Waals surface area contributed by atoms with Crippen molar-refractivity contribution in [3.8, 4) is 12.0 Å². The number of carbonyl (C=O) groups is 1. The highest BCUT2D eigenvalue weighted by Gasteiger charge is 2.22. The van der Waals surface area contributed by atoms with Crippen molar-refractivity contribution in [1.29, 1.82) is 5.26 Å².